The molecule has 140 valence electrons. The van der Waals surface area contributed by atoms with Gasteiger partial charge in [0.2, 0.25) is 5.91 Å². The van der Waals surface area contributed by atoms with E-state index in [1.807, 2.05) is 24.3 Å². The predicted octanol–water partition coefficient (Wildman–Crippen LogP) is 2.80. The predicted molar refractivity (Wildman–Crippen MR) is 98.8 cm³/mol. The molecule has 3 aliphatic rings. The van der Waals surface area contributed by atoms with Gasteiger partial charge in [0.25, 0.3) is 0 Å². The monoisotopic (exact) mass is 356 g/mol. The van der Waals surface area contributed by atoms with Crippen molar-refractivity contribution in [3.05, 3.63) is 35.4 Å². The number of hydrogen-bond donors (Lipinski definition) is 0. The Kier molecular flexibility index (Phi) is 4.51. The molecule has 1 aliphatic carbocycles. The maximum Gasteiger partial charge on any atom is 0.339 e. The molecule has 5 heteroatoms. The summed E-state index contributed by atoms with van der Waals surface area (Å²) < 4.78 is 5.81. The van der Waals surface area contributed by atoms with Crippen molar-refractivity contribution in [1.29, 1.82) is 0 Å². The molecule has 2 aliphatic heterocycles. The fourth-order valence-electron chi connectivity index (χ4n) is 4.93. The van der Waals surface area contributed by atoms with Crippen molar-refractivity contribution in [2.45, 2.75) is 51.2 Å². The van der Waals surface area contributed by atoms with Crippen LogP contribution in [-0.2, 0) is 15.1 Å². The molecule has 1 amide bonds. The van der Waals surface area contributed by atoms with Crippen molar-refractivity contribution in [2.75, 3.05) is 26.2 Å². The van der Waals surface area contributed by atoms with Gasteiger partial charge in [-0.25, -0.2) is 4.79 Å². The molecule has 1 saturated carbocycles. The number of nitrogens with zero attached hydrogens (tertiary/aromatic N) is 2. The summed E-state index contributed by atoms with van der Waals surface area (Å²) in [5.74, 6) is 0.137. The Morgan fingerprint density at radius 1 is 1.23 bits per heavy atom. The van der Waals surface area contributed by atoms with Gasteiger partial charge in [0.1, 0.15) is 5.60 Å². The lowest BCUT2D eigenvalue weighted by molar-refractivity contribution is -0.143. The number of piperazine rings is 1. The Balaban J connectivity index is 1.43. The lowest BCUT2D eigenvalue weighted by atomic mass is 9.74. The largest absolute Gasteiger partial charge is 0.451 e. The number of fused-ring (bicyclic) bond motifs is 2. The molecule has 2 fully saturated rings. The number of esters is 1. The normalized spacial score (nSPS) is 31.8. The molecule has 4 rings (SSSR count). The van der Waals surface area contributed by atoms with E-state index in [-0.39, 0.29) is 17.9 Å². The third-order valence-electron chi connectivity index (χ3n) is 6.51. The van der Waals surface area contributed by atoms with Crippen molar-refractivity contribution in [1.82, 2.24) is 9.80 Å². The molecule has 0 N–H and O–H groups in total. The molecule has 5 nitrogen and oxygen atoms in total. The maximum atomic E-state index is 13.1. The first kappa shape index (κ1) is 17.5. The summed E-state index contributed by atoms with van der Waals surface area (Å²) in [6, 6.07) is 7.98. The quantitative estimate of drug-likeness (QED) is 0.765. The van der Waals surface area contributed by atoms with Crippen LogP contribution < -0.4 is 0 Å². The van der Waals surface area contributed by atoms with E-state index < -0.39 is 5.60 Å². The molecule has 26 heavy (non-hydrogen) atoms. The number of rotatable bonds is 2. The van der Waals surface area contributed by atoms with Crippen LogP contribution in [0.25, 0.3) is 0 Å². The van der Waals surface area contributed by atoms with Crippen LogP contribution in [0.15, 0.2) is 24.3 Å². The second-order valence-corrected chi connectivity index (χ2v) is 7.98. The average Bonchev–Trinajstić information content (AvgIpc) is 2.94. The van der Waals surface area contributed by atoms with Gasteiger partial charge in [0, 0.05) is 37.2 Å². The van der Waals surface area contributed by atoms with Gasteiger partial charge >= 0.3 is 5.97 Å². The second-order valence-electron chi connectivity index (χ2n) is 7.98. The molecular formula is C21H28N2O3. The Bertz CT molecular complexity index is 709. The molecule has 0 unspecified atom stereocenters. The van der Waals surface area contributed by atoms with E-state index in [2.05, 4.69) is 23.6 Å². The highest BCUT2D eigenvalue weighted by atomic mass is 16.6. The highest BCUT2D eigenvalue weighted by molar-refractivity contribution is 5.94. The third-order valence-corrected chi connectivity index (χ3v) is 6.51. The Morgan fingerprint density at radius 3 is 2.65 bits per heavy atom. The first-order valence-electron chi connectivity index (χ1n) is 9.90. The molecule has 0 radical (unpaired) electrons. The van der Waals surface area contributed by atoms with Crippen molar-refractivity contribution < 1.29 is 14.3 Å². The van der Waals surface area contributed by atoms with Gasteiger partial charge in [-0.3, -0.25) is 9.69 Å². The molecule has 1 aromatic rings. The van der Waals surface area contributed by atoms with E-state index in [9.17, 15) is 9.59 Å². The average molecular weight is 356 g/mol. The first-order valence-corrected chi connectivity index (χ1v) is 9.90. The highest BCUT2D eigenvalue weighted by Crippen LogP contribution is 2.48. The minimum Gasteiger partial charge on any atom is -0.451 e. The van der Waals surface area contributed by atoms with Crippen molar-refractivity contribution in [2.24, 2.45) is 5.92 Å². The zero-order valence-electron chi connectivity index (χ0n) is 15.7. The number of hydrogen-bond acceptors (Lipinski definition) is 4. The van der Waals surface area contributed by atoms with E-state index >= 15 is 0 Å². The van der Waals surface area contributed by atoms with Gasteiger partial charge in [-0.2, -0.15) is 0 Å². The number of amides is 1. The maximum absolute atomic E-state index is 13.1. The van der Waals surface area contributed by atoms with Gasteiger partial charge < -0.3 is 9.64 Å². The molecule has 1 spiro atoms. The number of carbonyl (C=O) groups excluding carboxylic acids is 2. The number of ether oxygens (including phenoxy) is 1. The van der Waals surface area contributed by atoms with Crippen LogP contribution in [0.3, 0.4) is 0 Å². The SMILES string of the molecule is CCN1CCN(C(=O)C2CCC3(CC2)OC(=O)c2ccccc23)[C@@H](C)C1. The van der Waals surface area contributed by atoms with Crippen molar-refractivity contribution in [3.8, 4) is 0 Å². The van der Waals surface area contributed by atoms with Crippen LogP contribution in [0.5, 0.6) is 0 Å². The summed E-state index contributed by atoms with van der Waals surface area (Å²) in [6.45, 7) is 8.12. The van der Waals surface area contributed by atoms with Crippen LogP contribution in [0.2, 0.25) is 0 Å². The van der Waals surface area contributed by atoms with Crippen molar-refractivity contribution >= 4 is 11.9 Å². The fourth-order valence-corrected chi connectivity index (χ4v) is 4.93. The van der Waals surface area contributed by atoms with E-state index in [1.54, 1.807) is 0 Å². The first-order chi connectivity index (χ1) is 12.5. The lowest BCUT2D eigenvalue weighted by Gasteiger charge is -2.43. The lowest BCUT2D eigenvalue weighted by Crippen LogP contribution is -2.55. The van der Waals surface area contributed by atoms with Crippen molar-refractivity contribution in [3.63, 3.8) is 0 Å². The third kappa shape index (κ3) is 2.82. The zero-order chi connectivity index (χ0) is 18.3. The standard InChI is InChI=1S/C21H28N2O3/c1-3-22-12-13-23(15(2)14-22)19(24)16-8-10-21(11-9-16)18-7-5-4-6-17(18)20(25)26-21/h4-7,15-16H,3,8-14H2,1-2H3/t15-,16?,21?/m0/s1. The summed E-state index contributed by atoms with van der Waals surface area (Å²) in [7, 11) is 0. The molecule has 1 atom stereocenters. The van der Waals surface area contributed by atoms with Gasteiger partial charge in [-0.15, -0.1) is 0 Å². The van der Waals surface area contributed by atoms with Gasteiger partial charge in [0.15, 0.2) is 0 Å². The van der Waals surface area contributed by atoms with Gasteiger partial charge in [-0.05, 0) is 45.2 Å². The number of benzene rings is 1. The fraction of sp³-hybridized carbons (Fsp3) is 0.619. The summed E-state index contributed by atoms with van der Waals surface area (Å²) in [5.41, 5.74) is 1.21. The van der Waals surface area contributed by atoms with Crippen LogP contribution in [0, 0.1) is 5.92 Å². The van der Waals surface area contributed by atoms with E-state index in [0.29, 0.717) is 11.5 Å². The minimum absolute atomic E-state index is 0.0581. The molecule has 0 bridgehead atoms. The van der Waals surface area contributed by atoms with Crippen LogP contribution >= 0.6 is 0 Å². The van der Waals surface area contributed by atoms with E-state index in [4.69, 9.17) is 4.74 Å². The summed E-state index contributed by atoms with van der Waals surface area (Å²) in [5, 5.41) is 0. The van der Waals surface area contributed by atoms with E-state index in [0.717, 1.165) is 57.4 Å². The molecule has 0 aromatic heterocycles. The second kappa shape index (κ2) is 6.69. The number of carbonyl (C=O) groups is 2. The van der Waals surface area contributed by atoms with Crippen LogP contribution in [0.4, 0.5) is 0 Å². The summed E-state index contributed by atoms with van der Waals surface area (Å²) >= 11 is 0. The van der Waals surface area contributed by atoms with Crippen LogP contribution in [0.1, 0.15) is 55.5 Å². The highest BCUT2D eigenvalue weighted by Gasteiger charge is 2.48. The molecule has 2 heterocycles. The molecular weight excluding hydrogens is 328 g/mol. The molecule has 1 aromatic carbocycles. The summed E-state index contributed by atoms with van der Waals surface area (Å²) in [6.07, 6.45) is 3.08. The minimum atomic E-state index is -0.503. The topological polar surface area (TPSA) is 49.9 Å². The van der Waals surface area contributed by atoms with E-state index in [1.165, 1.54) is 0 Å². The smallest absolute Gasteiger partial charge is 0.339 e. The van der Waals surface area contributed by atoms with Crippen LogP contribution in [-0.4, -0.2) is 53.9 Å². The van der Waals surface area contributed by atoms with Gasteiger partial charge in [-0.1, -0.05) is 25.1 Å². The summed E-state index contributed by atoms with van der Waals surface area (Å²) in [4.78, 5) is 29.7. The zero-order valence-corrected chi connectivity index (χ0v) is 15.7. The Morgan fingerprint density at radius 2 is 1.96 bits per heavy atom. The van der Waals surface area contributed by atoms with Gasteiger partial charge in [0.05, 0.1) is 5.56 Å². The Hall–Kier alpha value is -1.88. The molecule has 1 saturated heterocycles. The Labute approximate surface area is 155 Å². The number of likely N-dealkylation sites (N-methyl/N-ethyl adjacent to an activating group) is 1.